The lowest BCUT2D eigenvalue weighted by atomic mass is 10.2. The van der Waals surface area contributed by atoms with Gasteiger partial charge in [0, 0.05) is 11.5 Å². The van der Waals surface area contributed by atoms with Gasteiger partial charge in [-0.05, 0) is 25.0 Å². The van der Waals surface area contributed by atoms with Crippen LogP contribution in [0.3, 0.4) is 0 Å². The molecule has 0 aliphatic rings. The molecule has 0 unspecified atom stereocenters. The van der Waals surface area contributed by atoms with Crippen LogP contribution in [0.15, 0.2) is 60.7 Å². The smallest absolute Gasteiger partial charge is 0.0724 e. The molecule has 0 aliphatic heterocycles. The molecule has 106 valence electrons. The summed E-state index contributed by atoms with van der Waals surface area (Å²) >= 11 is 1.92. The summed E-state index contributed by atoms with van der Waals surface area (Å²) in [6, 6.07) is 20.9. The van der Waals surface area contributed by atoms with Crippen molar-refractivity contribution in [2.24, 2.45) is 0 Å². The Morgan fingerprint density at radius 1 is 0.850 bits per heavy atom. The monoisotopic (exact) mass is 286 g/mol. The SMILES string of the molecule is CC(C)(CSCc1ccccc1)OCc1ccccc1. The second kappa shape index (κ2) is 7.51. The van der Waals surface area contributed by atoms with Gasteiger partial charge in [0.05, 0.1) is 12.2 Å². The van der Waals surface area contributed by atoms with E-state index in [0.29, 0.717) is 6.61 Å². The standard InChI is InChI=1S/C18H22OS/c1-18(2,19-13-16-9-5-3-6-10-16)15-20-14-17-11-7-4-8-12-17/h3-12H,13-15H2,1-2H3. The third kappa shape index (κ3) is 5.40. The summed E-state index contributed by atoms with van der Waals surface area (Å²) in [6.45, 7) is 5.00. The van der Waals surface area contributed by atoms with Crippen molar-refractivity contribution >= 4 is 11.8 Å². The molecule has 0 saturated heterocycles. The number of hydrogen-bond acceptors (Lipinski definition) is 2. The van der Waals surface area contributed by atoms with Gasteiger partial charge in [0.1, 0.15) is 0 Å². The van der Waals surface area contributed by atoms with Crippen molar-refractivity contribution < 1.29 is 4.74 Å². The first-order chi connectivity index (χ1) is 9.66. The fourth-order valence-electron chi connectivity index (χ4n) is 1.88. The second-order valence-electron chi connectivity index (χ2n) is 5.51. The van der Waals surface area contributed by atoms with Crippen molar-refractivity contribution in [3.8, 4) is 0 Å². The minimum Gasteiger partial charge on any atom is -0.370 e. The van der Waals surface area contributed by atoms with Gasteiger partial charge in [0.2, 0.25) is 0 Å². The summed E-state index contributed by atoms with van der Waals surface area (Å²) in [6.07, 6.45) is 0. The molecule has 0 amide bonds. The Morgan fingerprint density at radius 3 is 2.00 bits per heavy atom. The Balaban J connectivity index is 1.73. The van der Waals surface area contributed by atoms with Gasteiger partial charge in [-0.25, -0.2) is 0 Å². The molecule has 0 bridgehead atoms. The van der Waals surface area contributed by atoms with Crippen LogP contribution >= 0.6 is 11.8 Å². The van der Waals surface area contributed by atoms with Crippen LogP contribution in [-0.2, 0) is 17.1 Å². The second-order valence-corrected chi connectivity index (χ2v) is 6.50. The van der Waals surface area contributed by atoms with Crippen LogP contribution in [0.5, 0.6) is 0 Å². The zero-order valence-corrected chi connectivity index (χ0v) is 13.0. The molecule has 2 rings (SSSR count). The van der Waals surface area contributed by atoms with Crippen molar-refractivity contribution in [2.75, 3.05) is 5.75 Å². The number of hydrogen-bond donors (Lipinski definition) is 0. The van der Waals surface area contributed by atoms with E-state index in [-0.39, 0.29) is 5.60 Å². The summed E-state index contributed by atoms with van der Waals surface area (Å²) < 4.78 is 6.03. The molecule has 0 N–H and O–H groups in total. The van der Waals surface area contributed by atoms with Gasteiger partial charge in [0.25, 0.3) is 0 Å². The first kappa shape index (κ1) is 15.1. The van der Waals surface area contributed by atoms with Gasteiger partial charge in [-0.15, -0.1) is 0 Å². The average Bonchev–Trinajstić information content (AvgIpc) is 2.47. The predicted molar refractivity (Wildman–Crippen MR) is 87.9 cm³/mol. The molecule has 2 aromatic rings. The molecule has 0 aromatic heterocycles. The Morgan fingerprint density at radius 2 is 1.40 bits per heavy atom. The Labute approximate surface area is 126 Å². The van der Waals surface area contributed by atoms with Gasteiger partial charge >= 0.3 is 0 Å². The van der Waals surface area contributed by atoms with Crippen LogP contribution < -0.4 is 0 Å². The maximum Gasteiger partial charge on any atom is 0.0724 e. The quantitative estimate of drug-likeness (QED) is 0.715. The Kier molecular flexibility index (Phi) is 5.69. The number of ether oxygens (including phenoxy) is 1. The molecule has 0 aliphatic carbocycles. The van der Waals surface area contributed by atoms with Gasteiger partial charge in [-0.1, -0.05) is 60.7 Å². The third-order valence-electron chi connectivity index (χ3n) is 3.03. The summed E-state index contributed by atoms with van der Waals surface area (Å²) in [4.78, 5) is 0. The molecule has 0 spiro atoms. The topological polar surface area (TPSA) is 9.23 Å². The molecule has 0 atom stereocenters. The van der Waals surface area contributed by atoms with Crippen molar-refractivity contribution in [1.82, 2.24) is 0 Å². The molecule has 0 fully saturated rings. The lowest BCUT2D eigenvalue weighted by Gasteiger charge is -2.25. The van der Waals surface area contributed by atoms with E-state index in [2.05, 4.69) is 68.4 Å². The van der Waals surface area contributed by atoms with E-state index in [1.165, 1.54) is 11.1 Å². The van der Waals surface area contributed by atoms with E-state index in [1.807, 2.05) is 17.8 Å². The molecule has 0 heterocycles. The molecule has 0 radical (unpaired) electrons. The number of benzene rings is 2. The lowest BCUT2D eigenvalue weighted by Crippen LogP contribution is -2.27. The van der Waals surface area contributed by atoms with Gasteiger partial charge in [-0.3, -0.25) is 0 Å². The molecular weight excluding hydrogens is 264 g/mol. The molecule has 1 nitrogen and oxygen atoms in total. The van der Waals surface area contributed by atoms with Gasteiger partial charge < -0.3 is 4.74 Å². The number of thioether (sulfide) groups is 1. The highest BCUT2D eigenvalue weighted by Gasteiger charge is 2.18. The lowest BCUT2D eigenvalue weighted by molar-refractivity contribution is -0.0112. The first-order valence-corrected chi connectivity index (χ1v) is 8.11. The minimum absolute atomic E-state index is 0.102. The van der Waals surface area contributed by atoms with E-state index in [4.69, 9.17) is 4.74 Å². The van der Waals surface area contributed by atoms with Crippen LogP contribution in [0.4, 0.5) is 0 Å². The van der Waals surface area contributed by atoms with E-state index in [9.17, 15) is 0 Å². The van der Waals surface area contributed by atoms with E-state index in [1.54, 1.807) is 0 Å². The minimum atomic E-state index is -0.102. The van der Waals surface area contributed by atoms with Crippen LogP contribution in [0.1, 0.15) is 25.0 Å². The van der Waals surface area contributed by atoms with Crippen LogP contribution in [0, 0.1) is 0 Å². The van der Waals surface area contributed by atoms with Crippen molar-refractivity contribution in [3.63, 3.8) is 0 Å². The van der Waals surface area contributed by atoms with Crippen molar-refractivity contribution in [3.05, 3.63) is 71.8 Å². The molecule has 20 heavy (non-hydrogen) atoms. The number of rotatable bonds is 7. The highest BCUT2D eigenvalue weighted by Crippen LogP contribution is 2.21. The maximum absolute atomic E-state index is 6.03. The van der Waals surface area contributed by atoms with Gasteiger partial charge in [-0.2, -0.15) is 11.8 Å². The largest absolute Gasteiger partial charge is 0.370 e. The van der Waals surface area contributed by atoms with Crippen LogP contribution in [0.25, 0.3) is 0 Å². The summed E-state index contributed by atoms with van der Waals surface area (Å²) in [5.74, 6) is 2.04. The molecule has 2 heteroatoms. The maximum atomic E-state index is 6.03. The van der Waals surface area contributed by atoms with E-state index >= 15 is 0 Å². The van der Waals surface area contributed by atoms with Crippen molar-refractivity contribution in [1.29, 1.82) is 0 Å². The highest BCUT2D eigenvalue weighted by atomic mass is 32.2. The summed E-state index contributed by atoms with van der Waals surface area (Å²) in [7, 11) is 0. The van der Waals surface area contributed by atoms with E-state index < -0.39 is 0 Å². The zero-order chi connectivity index (χ0) is 14.3. The fraction of sp³-hybridized carbons (Fsp3) is 0.333. The van der Waals surface area contributed by atoms with Crippen molar-refractivity contribution in [2.45, 2.75) is 31.8 Å². The fourth-order valence-corrected chi connectivity index (χ4v) is 2.99. The Bertz CT molecular complexity index is 493. The van der Waals surface area contributed by atoms with E-state index in [0.717, 1.165) is 11.5 Å². The molecular formula is C18H22OS. The first-order valence-electron chi connectivity index (χ1n) is 6.95. The normalized spacial score (nSPS) is 11.5. The average molecular weight is 286 g/mol. The summed E-state index contributed by atoms with van der Waals surface area (Å²) in [5.41, 5.74) is 2.50. The highest BCUT2D eigenvalue weighted by molar-refractivity contribution is 7.98. The Hall–Kier alpha value is -1.25. The molecule has 2 aromatic carbocycles. The third-order valence-corrected chi connectivity index (χ3v) is 4.47. The van der Waals surface area contributed by atoms with Crippen LogP contribution in [-0.4, -0.2) is 11.4 Å². The summed E-state index contributed by atoms with van der Waals surface area (Å²) in [5, 5.41) is 0. The van der Waals surface area contributed by atoms with Crippen LogP contribution in [0.2, 0.25) is 0 Å². The zero-order valence-electron chi connectivity index (χ0n) is 12.2. The van der Waals surface area contributed by atoms with Gasteiger partial charge in [0.15, 0.2) is 0 Å². The predicted octanol–water partition coefficient (Wildman–Crippen LogP) is 4.92. The molecule has 0 saturated carbocycles.